The number of carboxylic acid groups (broad SMARTS) is 1. The third kappa shape index (κ3) is 3.26. The van der Waals surface area contributed by atoms with Gasteiger partial charge < -0.3 is 10.4 Å². The predicted molar refractivity (Wildman–Crippen MR) is 56.9 cm³/mol. The summed E-state index contributed by atoms with van der Waals surface area (Å²) in [5.41, 5.74) is 8.01. The van der Waals surface area contributed by atoms with E-state index in [1.165, 1.54) is 11.3 Å². The van der Waals surface area contributed by atoms with Crippen LogP contribution in [0.2, 0.25) is 0 Å². The van der Waals surface area contributed by atoms with Crippen LogP contribution in [-0.4, -0.2) is 23.5 Å². The van der Waals surface area contributed by atoms with E-state index in [1.807, 2.05) is 0 Å². The fourth-order valence-electron chi connectivity index (χ4n) is 1.01. The number of azide groups is 1. The average Bonchev–Trinajstić information content (AvgIpc) is 2.75. The average molecular weight is 240 g/mol. The van der Waals surface area contributed by atoms with Crippen LogP contribution in [0.1, 0.15) is 10.9 Å². The highest BCUT2D eigenvalue weighted by Gasteiger charge is 2.22. The van der Waals surface area contributed by atoms with Gasteiger partial charge in [-0.1, -0.05) is 11.2 Å². The van der Waals surface area contributed by atoms with E-state index in [0.717, 1.165) is 0 Å². The number of carboxylic acids is 1. The van der Waals surface area contributed by atoms with Gasteiger partial charge in [0, 0.05) is 9.79 Å². The fraction of sp³-hybridized carbons (Fsp3) is 0.250. The van der Waals surface area contributed by atoms with E-state index in [1.54, 1.807) is 17.5 Å². The number of amides is 1. The van der Waals surface area contributed by atoms with Gasteiger partial charge in [-0.15, -0.1) is 11.3 Å². The largest absolute Gasteiger partial charge is 0.479 e. The van der Waals surface area contributed by atoms with Crippen molar-refractivity contribution in [2.75, 3.05) is 6.54 Å². The monoisotopic (exact) mass is 240 g/mol. The van der Waals surface area contributed by atoms with Crippen molar-refractivity contribution in [1.29, 1.82) is 0 Å². The zero-order valence-corrected chi connectivity index (χ0v) is 8.85. The lowest BCUT2D eigenvalue weighted by Crippen LogP contribution is -2.34. The van der Waals surface area contributed by atoms with Crippen molar-refractivity contribution in [1.82, 2.24) is 5.32 Å². The summed E-state index contributed by atoms with van der Waals surface area (Å²) < 4.78 is 0. The number of rotatable bonds is 5. The highest BCUT2D eigenvalue weighted by atomic mass is 32.1. The Labute approximate surface area is 94.3 Å². The van der Waals surface area contributed by atoms with Crippen LogP contribution < -0.4 is 5.32 Å². The first kappa shape index (κ1) is 12.0. The first-order chi connectivity index (χ1) is 7.65. The maximum atomic E-state index is 11.2. The number of hydrogen-bond acceptors (Lipinski definition) is 4. The van der Waals surface area contributed by atoms with Gasteiger partial charge >= 0.3 is 5.97 Å². The predicted octanol–water partition coefficient (Wildman–Crippen LogP) is 1.30. The minimum atomic E-state index is -1.16. The zero-order chi connectivity index (χ0) is 12.0. The standard InChI is InChI=1S/C8H8N4O3S/c9-12-10-4-6(13)11-7(8(14)15)5-2-1-3-16-5/h1-3,7H,4H2,(H,11,13)(H,14,15). The van der Waals surface area contributed by atoms with Crippen molar-refractivity contribution in [3.8, 4) is 0 Å². The molecule has 0 fully saturated rings. The molecule has 7 nitrogen and oxygen atoms in total. The Kier molecular flexibility index (Phi) is 4.31. The molecule has 1 rings (SSSR count). The summed E-state index contributed by atoms with van der Waals surface area (Å²) in [6.07, 6.45) is 0. The Balaban J connectivity index is 2.70. The van der Waals surface area contributed by atoms with Crippen molar-refractivity contribution in [2.45, 2.75) is 6.04 Å². The first-order valence-corrected chi connectivity index (χ1v) is 5.09. The van der Waals surface area contributed by atoms with Gasteiger partial charge in [0.15, 0.2) is 6.04 Å². The molecule has 0 saturated carbocycles. The maximum absolute atomic E-state index is 11.2. The molecular formula is C8H8N4O3S. The summed E-state index contributed by atoms with van der Waals surface area (Å²) in [7, 11) is 0. The van der Waals surface area contributed by atoms with Gasteiger partial charge in [0.05, 0.1) is 0 Å². The molecule has 1 aromatic rings. The molecule has 1 aromatic heterocycles. The highest BCUT2D eigenvalue weighted by Crippen LogP contribution is 2.18. The van der Waals surface area contributed by atoms with E-state index in [9.17, 15) is 9.59 Å². The number of aliphatic carboxylic acids is 1. The van der Waals surface area contributed by atoms with Crippen LogP contribution in [0.3, 0.4) is 0 Å². The summed E-state index contributed by atoms with van der Waals surface area (Å²) in [4.78, 5) is 25.0. The molecule has 8 heteroatoms. The molecule has 1 amide bonds. The van der Waals surface area contributed by atoms with Crippen LogP contribution >= 0.6 is 11.3 Å². The Bertz CT molecular complexity index is 425. The number of thiophene rings is 1. The molecule has 0 aromatic carbocycles. The molecule has 0 aliphatic rings. The summed E-state index contributed by atoms with van der Waals surface area (Å²) >= 11 is 1.23. The van der Waals surface area contributed by atoms with E-state index in [4.69, 9.17) is 10.6 Å². The van der Waals surface area contributed by atoms with Gasteiger partial charge in [-0.05, 0) is 17.0 Å². The minimum Gasteiger partial charge on any atom is -0.479 e. The molecule has 1 heterocycles. The lowest BCUT2D eigenvalue weighted by atomic mass is 10.2. The quantitative estimate of drug-likeness (QED) is 0.459. The van der Waals surface area contributed by atoms with Crippen LogP contribution in [0.4, 0.5) is 0 Å². The zero-order valence-electron chi connectivity index (χ0n) is 8.03. The normalized spacial score (nSPS) is 11.2. The Morgan fingerprint density at radius 1 is 1.69 bits per heavy atom. The lowest BCUT2D eigenvalue weighted by molar-refractivity contribution is -0.141. The second-order valence-corrected chi connectivity index (χ2v) is 3.72. The maximum Gasteiger partial charge on any atom is 0.331 e. The second-order valence-electron chi connectivity index (χ2n) is 2.74. The topological polar surface area (TPSA) is 115 Å². The van der Waals surface area contributed by atoms with Crippen LogP contribution in [0, 0.1) is 0 Å². The third-order valence-electron chi connectivity index (χ3n) is 1.66. The Morgan fingerprint density at radius 2 is 2.44 bits per heavy atom. The van der Waals surface area contributed by atoms with Crippen LogP contribution in [0.5, 0.6) is 0 Å². The highest BCUT2D eigenvalue weighted by molar-refractivity contribution is 7.10. The third-order valence-corrected chi connectivity index (χ3v) is 2.59. The molecule has 0 aliphatic carbocycles. The van der Waals surface area contributed by atoms with Gasteiger partial charge in [-0.2, -0.15) is 0 Å². The molecule has 0 saturated heterocycles. The first-order valence-electron chi connectivity index (χ1n) is 4.21. The van der Waals surface area contributed by atoms with Crippen LogP contribution in [0.15, 0.2) is 22.6 Å². The Hall–Kier alpha value is -2.05. The molecule has 0 radical (unpaired) electrons. The van der Waals surface area contributed by atoms with E-state index in [0.29, 0.717) is 4.88 Å². The van der Waals surface area contributed by atoms with Crippen molar-refractivity contribution >= 4 is 23.2 Å². The van der Waals surface area contributed by atoms with E-state index >= 15 is 0 Å². The number of carbonyl (C=O) groups is 2. The van der Waals surface area contributed by atoms with Gasteiger partial charge in [0.2, 0.25) is 5.91 Å². The summed E-state index contributed by atoms with van der Waals surface area (Å²) in [5.74, 6) is -1.78. The van der Waals surface area contributed by atoms with Crippen molar-refractivity contribution in [2.24, 2.45) is 5.11 Å². The number of hydrogen-bond donors (Lipinski definition) is 2. The van der Waals surface area contributed by atoms with Crippen LogP contribution in [0.25, 0.3) is 10.4 Å². The van der Waals surface area contributed by atoms with E-state index in [-0.39, 0.29) is 0 Å². The molecule has 1 atom stereocenters. The summed E-state index contributed by atoms with van der Waals surface area (Å²) in [5, 5.41) is 15.9. The summed E-state index contributed by atoms with van der Waals surface area (Å²) in [6.45, 7) is -0.411. The fourth-order valence-corrected chi connectivity index (χ4v) is 1.78. The van der Waals surface area contributed by atoms with Gasteiger partial charge in [0.1, 0.15) is 6.54 Å². The molecular weight excluding hydrogens is 232 g/mol. The van der Waals surface area contributed by atoms with Crippen molar-refractivity contribution in [3.63, 3.8) is 0 Å². The minimum absolute atomic E-state index is 0.411. The van der Waals surface area contributed by atoms with Crippen LogP contribution in [-0.2, 0) is 9.59 Å². The van der Waals surface area contributed by atoms with Gasteiger partial charge in [0.25, 0.3) is 0 Å². The van der Waals surface area contributed by atoms with Gasteiger partial charge in [-0.25, -0.2) is 4.79 Å². The van der Waals surface area contributed by atoms with E-state index < -0.39 is 24.5 Å². The molecule has 0 bridgehead atoms. The molecule has 16 heavy (non-hydrogen) atoms. The smallest absolute Gasteiger partial charge is 0.331 e. The number of carbonyl (C=O) groups excluding carboxylic acids is 1. The molecule has 2 N–H and O–H groups in total. The number of nitrogens with zero attached hydrogens (tertiary/aromatic N) is 3. The second kappa shape index (κ2) is 5.74. The SMILES string of the molecule is [N-]=[N+]=NCC(=O)NC(C(=O)O)c1cccs1. The molecule has 84 valence electrons. The van der Waals surface area contributed by atoms with E-state index in [2.05, 4.69) is 15.3 Å². The molecule has 0 aliphatic heterocycles. The molecule has 1 unspecified atom stereocenters. The van der Waals surface area contributed by atoms with Gasteiger partial charge in [-0.3, -0.25) is 4.79 Å². The van der Waals surface area contributed by atoms with Crippen molar-refractivity contribution in [3.05, 3.63) is 32.8 Å². The Morgan fingerprint density at radius 3 is 2.94 bits per heavy atom. The van der Waals surface area contributed by atoms with Crippen molar-refractivity contribution < 1.29 is 14.7 Å². The summed E-state index contributed by atoms with van der Waals surface area (Å²) in [6, 6.07) is 2.20. The lowest BCUT2D eigenvalue weighted by Gasteiger charge is -2.11. The molecule has 0 spiro atoms. The number of nitrogens with one attached hydrogen (secondary N) is 1.